The number of phosphoric ester groups is 1. The van der Waals surface area contributed by atoms with Gasteiger partial charge in [0.1, 0.15) is 36.6 Å². The maximum absolute atomic E-state index is 12.9. The Bertz CT molecular complexity index is 1010. The lowest BCUT2D eigenvalue weighted by atomic mass is 9.85. The van der Waals surface area contributed by atoms with Gasteiger partial charge in [-0.2, -0.15) is 0 Å². The Morgan fingerprint density at radius 2 is 0.862 bits per heavy atom. The Balaban J connectivity index is 2.46. The van der Waals surface area contributed by atoms with Gasteiger partial charge in [0, 0.05) is 0 Å². The van der Waals surface area contributed by atoms with E-state index in [1.807, 2.05) is 0 Å². The largest absolute Gasteiger partial charge is 0.472 e. The van der Waals surface area contributed by atoms with E-state index in [9.17, 15) is 50.0 Å². The summed E-state index contributed by atoms with van der Waals surface area (Å²) in [6, 6.07) is -1.15. The van der Waals surface area contributed by atoms with Gasteiger partial charge in [-0.05, 0) is 12.8 Å². The molecule has 1 fully saturated rings. The van der Waals surface area contributed by atoms with Crippen LogP contribution >= 0.6 is 7.82 Å². The first-order chi connectivity index (χ1) is 27.8. The average molecular weight is 854 g/mol. The zero-order chi connectivity index (χ0) is 43.0. The number of aliphatic hydroxyl groups is 7. The van der Waals surface area contributed by atoms with Gasteiger partial charge >= 0.3 is 7.82 Å². The summed E-state index contributed by atoms with van der Waals surface area (Å²) in [6.45, 7) is 3.76. The van der Waals surface area contributed by atoms with Crippen LogP contribution in [0.2, 0.25) is 0 Å². The van der Waals surface area contributed by atoms with E-state index in [1.165, 1.54) is 122 Å². The van der Waals surface area contributed by atoms with Crippen molar-refractivity contribution in [1.82, 2.24) is 5.32 Å². The highest BCUT2D eigenvalue weighted by Crippen LogP contribution is 2.47. The molecule has 1 rings (SSSR count). The molecule has 8 unspecified atom stereocenters. The third-order valence-electron chi connectivity index (χ3n) is 11.7. The molecule has 1 amide bonds. The molecule has 0 radical (unpaired) electrons. The van der Waals surface area contributed by atoms with Crippen molar-refractivity contribution in [3.8, 4) is 0 Å². The highest BCUT2D eigenvalue weighted by Gasteiger charge is 2.51. The number of nitrogens with one attached hydrogen (secondary N) is 1. The molecule has 58 heavy (non-hydrogen) atoms. The van der Waals surface area contributed by atoms with Crippen molar-refractivity contribution >= 4 is 13.7 Å². The van der Waals surface area contributed by atoms with E-state index in [1.54, 1.807) is 0 Å². The van der Waals surface area contributed by atoms with E-state index in [0.717, 1.165) is 51.4 Å². The summed E-state index contributed by atoms with van der Waals surface area (Å²) in [5.74, 6) is -0.560. The molecular weight excluding hydrogens is 765 g/mol. The molecule has 0 heterocycles. The molecule has 346 valence electrons. The Hall–Kier alpha value is -0.700. The number of carbonyl (C=O) groups excluding carboxylic acids is 1. The monoisotopic (exact) mass is 854 g/mol. The number of aliphatic hydroxyl groups excluding tert-OH is 7. The molecule has 0 aromatic carbocycles. The third kappa shape index (κ3) is 26.6. The Morgan fingerprint density at radius 1 is 0.534 bits per heavy atom. The van der Waals surface area contributed by atoms with Crippen LogP contribution in [0.5, 0.6) is 0 Å². The van der Waals surface area contributed by atoms with Gasteiger partial charge in [-0.3, -0.25) is 13.8 Å². The number of amides is 1. The highest BCUT2D eigenvalue weighted by molar-refractivity contribution is 7.47. The third-order valence-corrected chi connectivity index (χ3v) is 12.7. The van der Waals surface area contributed by atoms with E-state index in [4.69, 9.17) is 9.05 Å². The minimum atomic E-state index is -5.11. The molecule has 0 saturated heterocycles. The van der Waals surface area contributed by atoms with E-state index in [0.29, 0.717) is 12.8 Å². The first kappa shape index (κ1) is 55.3. The molecule has 0 aliphatic heterocycles. The van der Waals surface area contributed by atoms with Gasteiger partial charge in [-0.25, -0.2) is 4.57 Å². The lowest BCUT2D eigenvalue weighted by Crippen LogP contribution is -2.64. The summed E-state index contributed by atoms with van der Waals surface area (Å²) in [5, 5.41) is 74.5. The molecule has 9 N–H and O–H groups in total. The Kier molecular flexibility index (Phi) is 33.2. The molecule has 8 atom stereocenters. The number of rotatable bonds is 39. The first-order valence-electron chi connectivity index (χ1n) is 23.6. The van der Waals surface area contributed by atoms with Crippen molar-refractivity contribution in [1.29, 1.82) is 0 Å². The Morgan fingerprint density at radius 3 is 1.24 bits per heavy atom. The lowest BCUT2D eigenvalue weighted by Gasteiger charge is -2.41. The maximum atomic E-state index is 12.9. The van der Waals surface area contributed by atoms with Crippen molar-refractivity contribution in [3.63, 3.8) is 0 Å². The molecule has 0 aromatic rings. The normalized spacial score (nSPS) is 23.7. The summed E-state index contributed by atoms with van der Waals surface area (Å²) < 4.78 is 22.9. The molecule has 1 aliphatic carbocycles. The van der Waals surface area contributed by atoms with Crippen LogP contribution in [0.3, 0.4) is 0 Å². The number of hydrogen-bond acceptors (Lipinski definition) is 11. The van der Waals surface area contributed by atoms with Crippen LogP contribution in [-0.4, -0.2) is 108 Å². The number of phosphoric acid groups is 1. The van der Waals surface area contributed by atoms with Crippen molar-refractivity contribution in [2.75, 3.05) is 6.61 Å². The fraction of sp³-hybridized carbons (Fsp3) is 0.977. The van der Waals surface area contributed by atoms with Crippen molar-refractivity contribution < 1.29 is 59.0 Å². The Labute approximate surface area is 351 Å². The van der Waals surface area contributed by atoms with Crippen LogP contribution < -0.4 is 5.32 Å². The van der Waals surface area contributed by atoms with Gasteiger partial charge in [-0.15, -0.1) is 0 Å². The highest BCUT2D eigenvalue weighted by atomic mass is 31.2. The van der Waals surface area contributed by atoms with Gasteiger partial charge in [0.05, 0.1) is 31.3 Å². The number of carbonyl (C=O) groups is 1. The fourth-order valence-corrected chi connectivity index (χ4v) is 8.80. The van der Waals surface area contributed by atoms with E-state index >= 15 is 0 Å². The summed E-state index contributed by atoms with van der Waals surface area (Å²) in [6.07, 6.45) is 20.3. The zero-order valence-electron chi connectivity index (χ0n) is 36.5. The minimum Gasteiger partial charge on any atom is -0.393 e. The predicted octanol–water partition coefficient (Wildman–Crippen LogP) is 7.65. The van der Waals surface area contributed by atoms with Crippen LogP contribution in [0.25, 0.3) is 0 Å². The van der Waals surface area contributed by atoms with Gasteiger partial charge in [0.25, 0.3) is 0 Å². The number of unbranched alkanes of at least 4 members (excludes halogenated alkanes) is 26. The van der Waals surface area contributed by atoms with Crippen molar-refractivity contribution in [2.45, 2.75) is 268 Å². The molecule has 1 aliphatic rings. The zero-order valence-corrected chi connectivity index (χ0v) is 37.4. The van der Waals surface area contributed by atoms with E-state index in [-0.39, 0.29) is 12.8 Å². The smallest absolute Gasteiger partial charge is 0.393 e. The van der Waals surface area contributed by atoms with Crippen molar-refractivity contribution in [3.05, 3.63) is 0 Å². The second kappa shape index (κ2) is 34.8. The molecular formula is C44H88NO12P. The molecule has 0 bridgehead atoms. The lowest BCUT2D eigenvalue weighted by molar-refractivity contribution is -0.220. The van der Waals surface area contributed by atoms with Gasteiger partial charge in [0.15, 0.2) is 0 Å². The minimum absolute atomic E-state index is 0.217. The summed E-state index contributed by atoms with van der Waals surface area (Å²) in [5.41, 5.74) is 0. The molecule has 14 heteroatoms. The quantitative estimate of drug-likeness (QED) is 0.0215. The average Bonchev–Trinajstić information content (AvgIpc) is 3.19. The summed E-state index contributed by atoms with van der Waals surface area (Å²) in [4.78, 5) is 23.4. The fourth-order valence-electron chi connectivity index (χ4n) is 7.83. The van der Waals surface area contributed by atoms with Crippen LogP contribution in [0.15, 0.2) is 0 Å². The van der Waals surface area contributed by atoms with Crippen LogP contribution in [0.4, 0.5) is 0 Å². The van der Waals surface area contributed by atoms with Crippen molar-refractivity contribution in [2.24, 2.45) is 0 Å². The SMILES string of the molecule is CCCCCCCCCCCCCCCCCCCCCCC(O)C(COP(=O)(O)OC1C(O)C(O)C(O)C(O)C1O)NC(=O)CC(O)CCCCCCCCCC. The summed E-state index contributed by atoms with van der Waals surface area (Å²) >= 11 is 0. The summed E-state index contributed by atoms with van der Waals surface area (Å²) in [7, 11) is -5.11. The second-order valence-electron chi connectivity index (χ2n) is 17.2. The maximum Gasteiger partial charge on any atom is 0.472 e. The molecule has 0 aromatic heterocycles. The van der Waals surface area contributed by atoms with Gasteiger partial charge in [0.2, 0.25) is 5.91 Å². The van der Waals surface area contributed by atoms with Crippen LogP contribution in [-0.2, 0) is 18.4 Å². The standard InChI is InChI=1S/C44H88NO12P/c1-3-5-7-9-11-13-14-15-16-17-18-19-20-21-22-23-24-26-28-30-32-37(47)36(45-38(48)33-35(46)31-29-27-25-12-10-8-6-4-2)34-56-58(54,55)57-44-42(52)40(50)39(49)41(51)43(44)53/h35-37,39-44,46-47,49-53H,3-34H2,1-2H3,(H,45,48)(H,54,55). The van der Waals surface area contributed by atoms with E-state index in [2.05, 4.69) is 19.2 Å². The van der Waals surface area contributed by atoms with E-state index < -0.39 is 75.2 Å². The molecule has 13 nitrogen and oxygen atoms in total. The predicted molar refractivity (Wildman–Crippen MR) is 229 cm³/mol. The first-order valence-corrected chi connectivity index (χ1v) is 25.1. The van der Waals surface area contributed by atoms with Crippen LogP contribution in [0, 0.1) is 0 Å². The van der Waals surface area contributed by atoms with Gasteiger partial charge in [-0.1, -0.05) is 194 Å². The molecule has 0 spiro atoms. The van der Waals surface area contributed by atoms with Gasteiger partial charge < -0.3 is 46.0 Å². The van der Waals surface area contributed by atoms with Crippen LogP contribution in [0.1, 0.15) is 213 Å². The number of hydrogen-bond donors (Lipinski definition) is 9. The topological polar surface area (TPSA) is 226 Å². The second-order valence-corrected chi connectivity index (χ2v) is 18.6. The molecule has 1 saturated carbocycles.